The zero-order valence-electron chi connectivity index (χ0n) is 7.83. The number of hydrogen-bond acceptors (Lipinski definition) is 3. The molecule has 1 saturated heterocycles. The lowest BCUT2D eigenvalue weighted by Gasteiger charge is -2.35. The van der Waals surface area contributed by atoms with Gasteiger partial charge >= 0.3 is 0 Å². The second-order valence-corrected chi connectivity index (χ2v) is 3.78. The maximum Gasteiger partial charge on any atom is 0.0741 e. The first-order valence-corrected chi connectivity index (χ1v) is 4.54. The Labute approximate surface area is 74.1 Å². The zero-order chi connectivity index (χ0) is 9.14. The third-order valence-corrected chi connectivity index (χ3v) is 2.59. The predicted molar refractivity (Wildman–Crippen MR) is 48.4 cm³/mol. The molecule has 0 aromatic heterocycles. The Kier molecular flexibility index (Phi) is 3.07. The van der Waals surface area contributed by atoms with Gasteiger partial charge in [-0.05, 0) is 26.8 Å². The highest BCUT2D eigenvalue weighted by Crippen LogP contribution is 2.16. The molecule has 68 valence electrons. The molecule has 0 saturated carbocycles. The van der Waals surface area contributed by atoms with E-state index in [1.54, 1.807) is 0 Å². The average molecular weight is 167 g/mol. The topological polar surface area (TPSA) is 53.0 Å². The molecule has 1 heterocycles. The fraction of sp³-hybridized carbons (Fsp3) is 0.889. The second-order valence-electron chi connectivity index (χ2n) is 3.78. The van der Waals surface area contributed by atoms with Crippen molar-refractivity contribution in [3.8, 4) is 6.07 Å². The van der Waals surface area contributed by atoms with Crippen LogP contribution >= 0.6 is 0 Å². The van der Waals surface area contributed by atoms with E-state index >= 15 is 0 Å². The fourth-order valence-corrected chi connectivity index (χ4v) is 1.60. The molecule has 0 bridgehead atoms. The lowest BCUT2D eigenvalue weighted by atomic mass is 9.93. The number of nitrogens with zero attached hydrogens (tertiary/aromatic N) is 2. The summed E-state index contributed by atoms with van der Waals surface area (Å²) >= 11 is 0. The summed E-state index contributed by atoms with van der Waals surface area (Å²) < 4.78 is 0. The van der Waals surface area contributed by atoms with Gasteiger partial charge in [0.2, 0.25) is 0 Å². The minimum atomic E-state index is 0.0288. The average Bonchev–Trinajstić information content (AvgIpc) is 2.05. The van der Waals surface area contributed by atoms with Crippen LogP contribution in [0.2, 0.25) is 0 Å². The summed E-state index contributed by atoms with van der Waals surface area (Å²) in [5, 5.41) is 8.80. The number of piperidine rings is 1. The number of hydrogen-bond donors (Lipinski definition) is 1. The Morgan fingerprint density at radius 2 is 2.25 bits per heavy atom. The van der Waals surface area contributed by atoms with Crippen LogP contribution < -0.4 is 5.73 Å². The molecule has 1 unspecified atom stereocenters. The van der Waals surface area contributed by atoms with Crippen LogP contribution in [0.3, 0.4) is 0 Å². The summed E-state index contributed by atoms with van der Waals surface area (Å²) in [7, 11) is 0. The first kappa shape index (κ1) is 9.50. The third-order valence-electron chi connectivity index (χ3n) is 2.59. The van der Waals surface area contributed by atoms with Crippen molar-refractivity contribution >= 4 is 0 Å². The summed E-state index contributed by atoms with van der Waals surface area (Å²) in [5.41, 5.74) is 5.80. The van der Waals surface area contributed by atoms with Gasteiger partial charge in [-0.2, -0.15) is 5.26 Å². The van der Waals surface area contributed by atoms with Crippen molar-refractivity contribution in [1.29, 1.82) is 5.26 Å². The molecular formula is C9H17N3. The molecule has 3 nitrogen and oxygen atoms in total. The van der Waals surface area contributed by atoms with Crippen LogP contribution in [0.4, 0.5) is 0 Å². The molecule has 3 heteroatoms. The molecule has 0 amide bonds. The van der Waals surface area contributed by atoms with Crippen LogP contribution in [0.25, 0.3) is 0 Å². The summed E-state index contributed by atoms with van der Waals surface area (Å²) in [6.45, 7) is 6.20. The molecule has 1 aliphatic rings. The van der Waals surface area contributed by atoms with E-state index in [0.717, 1.165) is 19.5 Å². The van der Waals surface area contributed by atoms with Gasteiger partial charge in [-0.25, -0.2) is 0 Å². The van der Waals surface area contributed by atoms with Gasteiger partial charge in [-0.1, -0.05) is 0 Å². The minimum Gasteiger partial charge on any atom is -0.326 e. The van der Waals surface area contributed by atoms with Gasteiger partial charge in [-0.15, -0.1) is 0 Å². The van der Waals surface area contributed by atoms with Gasteiger partial charge in [0.1, 0.15) is 0 Å². The lowest BCUT2D eigenvalue weighted by molar-refractivity contribution is 0.146. The molecule has 0 spiro atoms. The first-order valence-electron chi connectivity index (χ1n) is 4.54. The van der Waals surface area contributed by atoms with Crippen molar-refractivity contribution in [3.63, 3.8) is 0 Å². The van der Waals surface area contributed by atoms with Crippen LogP contribution in [0.5, 0.6) is 0 Å². The molecular weight excluding hydrogens is 150 g/mol. The van der Waals surface area contributed by atoms with E-state index in [9.17, 15) is 0 Å². The number of nitriles is 1. The Morgan fingerprint density at radius 3 is 2.75 bits per heavy atom. The van der Waals surface area contributed by atoms with Crippen molar-refractivity contribution in [1.82, 2.24) is 4.90 Å². The van der Waals surface area contributed by atoms with Crippen molar-refractivity contribution in [2.45, 2.75) is 32.4 Å². The highest BCUT2D eigenvalue weighted by molar-refractivity contribution is 4.96. The first-order chi connectivity index (χ1) is 5.65. The van der Waals surface area contributed by atoms with E-state index in [0.29, 0.717) is 6.04 Å². The van der Waals surface area contributed by atoms with Gasteiger partial charge in [-0.3, -0.25) is 4.90 Å². The Balaban J connectivity index is 2.51. The van der Waals surface area contributed by atoms with Gasteiger partial charge < -0.3 is 5.73 Å². The van der Waals surface area contributed by atoms with Crippen LogP contribution in [0.1, 0.15) is 20.3 Å². The minimum absolute atomic E-state index is 0.0288. The predicted octanol–water partition coefficient (Wildman–Crippen LogP) is 0.568. The maximum atomic E-state index is 8.80. The normalized spacial score (nSPS) is 31.9. The monoisotopic (exact) mass is 167 g/mol. The molecule has 0 aliphatic carbocycles. The van der Waals surface area contributed by atoms with E-state index < -0.39 is 0 Å². The standard InChI is InChI=1S/C9H17N3/c1-7(2)12-4-3-9(11)8(5-10)6-12/h7-9H,3-4,6,11H2,1-2H3/t8-,9?/m1/s1. The lowest BCUT2D eigenvalue weighted by Crippen LogP contribution is -2.48. The van der Waals surface area contributed by atoms with Crippen molar-refractivity contribution in [2.24, 2.45) is 11.7 Å². The molecule has 1 aliphatic heterocycles. The third kappa shape index (κ3) is 1.96. The molecule has 0 aromatic rings. The molecule has 1 rings (SSSR count). The molecule has 2 N–H and O–H groups in total. The van der Waals surface area contributed by atoms with E-state index in [1.807, 2.05) is 0 Å². The summed E-state index contributed by atoms with van der Waals surface area (Å²) in [5.74, 6) is 0.0288. The van der Waals surface area contributed by atoms with Crippen molar-refractivity contribution in [3.05, 3.63) is 0 Å². The van der Waals surface area contributed by atoms with Gasteiger partial charge in [0, 0.05) is 18.6 Å². The molecule has 2 atom stereocenters. The fourth-order valence-electron chi connectivity index (χ4n) is 1.60. The van der Waals surface area contributed by atoms with Crippen molar-refractivity contribution in [2.75, 3.05) is 13.1 Å². The van der Waals surface area contributed by atoms with Gasteiger partial charge in [0.05, 0.1) is 12.0 Å². The number of nitrogens with two attached hydrogens (primary N) is 1. The second kappa shape index (κ2) is 3.88. The van der Waals surface area contributed by atoms with E-state index in [2.05, 4.69) is 24.8 Å². The molecule has 0 aromatic carbocycles. The Morgan fingerprint density at radius 1 is 1.58 bits per heavy atom. The Bertz CT molecular complexity index is 183. The smallest absolute Gasteiger partial charge is 0.0741 e. The Hall–Kier alpha value is -0.590. The summed E-state index contributed by atoms with van der Waals surface area (Å²) in [6.07, 6.45) is 0.955. The SMILES string of the molecule is CC(C)N1CCC(N)[C@H](C#N)C1. The van der Waals surface area contributed by atoms with E-state index in [1.165, 1.54) is 0 Å². The molecule has 1 fully saturated rings. The highest BCUT2D eigenvalue weighted by atomic mass is 15.2. The van der Waals surface area contributed by atoms with Gasteiger partial charge in [0.15, 0.2) is 0 Å². The highest BCUT2D eigenvalue weighted by Gasteiger charge is 2.27. The van der Waals surface area contributed by atoms with Crippen LogP contribution in [-0.4, -0.2) is 30.1 Å². The summed E-state index contributed by atoms with van der Waals surface area (Å²) in [6, 6.07) is 2.90. The van der Waals surface area contributed by atoms with Crippen LogP contribution in [0.15, 0.2) is 0 Å². The van der Waals surface area contributed by atoms with Crippen molar-refractivity contribution < 1.29 is 0 Å². The van der Waals surface area contributed by atoms with Gasteiger partial charge in [0.25, 0.3) is 0 Å². The molecule has 0 radical (unpaired) electrons. The number of rotatable bonds is 1. The zero-order valence-corrected chi connectivity index (χ0v) is 7.83. The van der Waals surface area contributed by atoms with Crippen LogP contribution in [0, 0.1) is 17.2 Å². The van der Waals surface area contributed by atoms with Crippen LogP contribution in [-0.2, 0) is 0 Å². The summed E-state index contributed by atoms with van der Waals surface area (Å²) in [4.78, 5) is 2.32. The number of likely N-dealkylation sites (tertiary alicyclic amines) is 1. The quantitative estimate of drug-likeness (QED) is 0.621. The van der Waals surface area contributed by atoms with E-state index in [4.69, 9.17) is 11.0 Å². The van der Waals surface area contributed by atoms with E-state index in [-0.39, 0.29) is 12.0 Å². The molecule has 12 heavy (non-hydrogen) atoms. The maximum absolute atomic E-state index is 8.80. The largest absolute Gasteiger partial charge is 0.326 e.